The Morgan fingerprint density at radius 1 is 1.36 bits per heavy atom. The maximum atomic E-state index is 8.77. The number of hydrogen-bond donors (Lipinski definition) is 1. The Kier molecular flexibility index (Phi) is 3.87. The monoisotopic (exact) mass is 232 g/mol. The minimum absolute atomic E-state index is 0.441. The van der Waals surface area contributed by atoms with Crippen LogP contribution in [-0.2, 0) is 10.3 Å². The summed E-state index contributed by atoms with van der Waals surface area (Å²) in [5.74, 6) is 0. The van der Waals surface area contributed by atoms with Crippen LogP contribution in [0.5, 0.6) is 0 Å². The molecule has 2 nitrogen and oxygen atoms in total. The third kappa shape index (κ3) is 3.73. The summed E-state index contributed by atoms with van der Waals surface area (Å²) < 4.78 is 13.7. The Balaban J connectivity index is 2.45. The van der Waals surface area contributed by atoms with Crippen LogP contribution < -0.4 is 0 Å². The summed E-state index contributed by atoms with van der Waals surface area (Å²) in [5, 5.41) is 0. The molecule has 0 aliphatic heterocycles. The Morgan fingerprint density at radius 3 is 2.55 bits per heavy atom. The molecule has 0 heterocycles. The van der Waals surface area contributed by atoms with Gasteiger partial charge in [0.15, 0.2) is 0 Å². The second-order valence-electron chi connectivity index (χ2n) is 2.04. The zero-order valence-corrected chi connectivity index (χ0v) is 8.77. The first-order valence-electron chi connectivity index (χ1n) is 3.18. The van der Waals surface area contributed by atoms with Crippen molar-refractivity contribution in [2.24, 2.45) is 0 Å². The molecule has 11 heavy (non-hydrogen) atoms. The van der Waals surface area contributed by atoms with Gasteiger partial charge in [-0.2, -0.15) is 0 Å². The molecule has 0 saturated carbocycles. The van der Waals surface area contributed by atoms with Crippen LogP contribution in [0, 0.1) is 0 Å². The van der Waals surface area contributed by atoms with Gasteiger partial charge in [-0.15, -0.1) is 0 Å². The molecule has 1 N–H and O–H groups in total. The summed E-state index contributed by atoms with van der Waals surface area (Å²) >= 11 is -2.49. The molecule has 1 aromatic rings. The standard InChI is InChI=1S/C7H9AsO2S/c9-8(11)10-6-7-4-2-1-3-5-7/h1-5,8H,6H2,(H,9,11). The van der Waals surface area contributed by atoms with E-state index in [1.54, 1.807) is 0 Å². The molecule has 0 bridgehead atoms. The zero-order chi connectivity index (χ0) is 8.10. The molecule has 0 aliphatic rings. The molecule has 0 aromatic heterocycles. The second kappa shape index (κ2) is 4.73. The molecule has 0 spiro atoms. The topological polar surface area (TPSA) is 29.5 Å². The third-order valence-corrected chi connectivity index (χ3v) is 2.64. The summed E-state index contributed by atoms with van der Waals surface area (Å²) in [5.41, 5.74) is 1.05. The Hall–Kier alpha value is -0.0816. The van der Waals surface area contributed by atoms with Gasteiger partial charge in [-0.05, 0) is 0 Å². The average molecular weight is 232 g/mol. The van der Waals surface area contributed by atoms with Crippen molar-refractivity contribution in [2.75, 3.05) is 0 Å². The molecule has 4 heteroatoms. The summed E-state index contributed by atoms with van der Waals surface area (Å²) in [6, 6.07) is 9.68. The maximum absolute atomic E-state index is 8.77. The van der Waals surface area contributed by atoms with Gasteiger partial charge < -0.3 is 0 Å². The predicted octanol–water partition coefficient (Wildman–Crippen LogP) is 1.11. The van der Waals surface area contributed by atoms with Crippen molar-refractivity contribution in [1.29, 1.82) is 0 Å². The predicted molar refractivity (Wildman–Crippen MR) is 48.2 cm³/mol. The second-order valence-corrected chi connectivity index (χ2v) is 5.58. The van der Waals surface area contributed by atoms with Crippen LogP contribution >= 0.6 is 10.4 Å². The van der Waals surface area contributed by atoms with Crippen molar-refractivity contribution in [3.05, 3.63) is 35.9 Å². The molecule has 0 radical (unpaired) electrons. The van der Waals surface area contributed by atoms with Gasteiger partial charge in [0.2, 0.25) is 0 Å². The van der Waals surface area contributed by atoms with E-state index < -0.39 is 13.7 Å². The quantitative estimate of drug-likeness (QED) is 0.791. The Morgan fingerprint density at radius 2 is 2.00 bits per heavy atom. The molecule has 1 atom stereocenters. The van der Waals surface area contributed by atoms with E-state index in [2.05, 4.69) is 10.4 Å². The van der Waals surface area contributed by atoms with E-state index in [9.17, 15) is 0 Å². The summed E-state index contributed by atoms with van der Waals surface area (Å²) in [6.07, 6.45) is 0. The van der Waals surface area contributed by atoms with E-state index in [1.807, 2.05) is 30.3 Å². The molecular formula is C7H9AsO2S. The third-order valence-electron chi connectivity index (χ3n) is 1.21. The van der Waals surface area contributed by atoms with Crippen molar-refractivity contribution in [2.45, 2.75) is 6.61 Å². The fourth-order valence-corrected chi connectivity index (χ4v) is 1.63. The van der Waals surface area contributed by atoms with Gasteiger partial charge in [-0.25, -0.2) is 0 Å². The van der Waals surface area contributed by atoms with Crippen LogP contribution in [0.15, 0.2) is 30.3 Å². The van der Waals surface area contributed by atoms with Gasteiger partial charge >= 0.3 is 74.4 Å². The van der Waals surface area contributed by atoms with Crippen molar-refractivity contribution in [3.8, 4) is 0 Å². The van der Waals surface area contributed by atoms with Gasteiger partial charge in [0.1, 0.15) is 0 Å². The molecule has 1 rings (SSSR count). The van der Waals surface area contributed by atoms with Gasteiger partial charge in [-0.1, -0.05) is 0 Å². The van der Waals surface area contributed by atoms with E-state index in [4.69, 9.17) is 7.82 Å². The summed E-state index contributed by atoms with van der Waals surface area (Å²) in [6.45, 7) is 0.441. The molecule has 0 fully saturated rings. The summed E-state index contributed by atoms with van der Waals surface area (Å²) in [7, 11) is 4.58. The minimum atomic E-state index is -2.49. The normalized spacial score (nSPS) is 12.8. The van der Waals surface area contributed by atoms with Crippen LogP contribution in [0.3, 0.4) is 0 Å². The Bertz CT molecular complexity index is 237. The number of rotatable bonds is 3. The molecular weight excluding hydrogens is 223 g/mol. The molecule has 0 aliphatic carbocycles. The number of benzene rings is 1. The number of hydrogen-bond acceptors (Lipinski definition) is 2. The van der Waals surface area contributed by atoms with E-state index in [-0.39, 0.29) is 0 Å². The van der Waals surface area contributed by atoms with Gasteiger partial charge in [-0.3, -0.25) is 0 Å². The molecule has 0 amide bonds. The molecule has 1 unspecified atom stereocenters. The molecule has 60 valence electrons. The van der Waals surface area contributed by atoms with Gasteiger partial charge in [0.05, 0.1) is 0 Å². The van der Waals surface area contributed by atoms with Crippen molar-refractivity contribution < 1.29 is 7.82 Å². The van der Waals surface area contributed by atoms with E-state index in [1.165, 1.54) is 0 Å². The van der Waals surface area contributed by atoms with Crippen molar-refractivity contribution >= 4 is 24.1 Å². The van der Waals surface area contributed by atoms with E-state index in [0.717, 1.165) is 5.56 Å². The first-order chi connectivity index (χ1) is 5.29. The summed E-state index contributed by atoms with van der Waals surface area (Å²) in [4.78, 5) is 0. The average Bonchev–Trinajstić information content (AvgIpc) is 2.03. The van der Waals surface area contributed by atoms with Crippen molar-refractivity contribution in [1.82, 2.24) is 0 Å². The van der Waals surface area contributed by atoms with Crippen LogP contribution in [-0.4, -0.2) is 17.8 Å². The van der Waals surface area contributed by atoms with Crippen LogP contribution in [0.4, 0.5) is 0 Å². The molecule has 1 aromatic carbocycles. The van der Waals surface area contributed by atoms with Gasteiger partial charge in [0, 0.05) is 0 Å². The fourth-order valence-electron chi connectivity index (χ4n) is 0.719. The van der Waals surface area contributed by atoms with E-state index >= 15 is 0 Å². The van der Waals surface area contributed by atoms with Crippen LogP contribution in [0.1, 0.15) is 5.56 Å². The molecule has 0 saturated heterocycles. The Labute approximate surface area is 74.5 Å². The van der Waals surface area contributed by atoms with Crippen LogP contribution in [0.2, 0.25) is 0 Å². The van der Waals surface area contributed by atoms with Crippen LogP contribution in [0.25, 0.3) is 0 Å². The first kappa shape index (κ1) is 9.01. The zero-order valence-electron chi connectivity index (χ0n) is 5.86. The van der Waals surface area contributed by atoms with E-state index in [0.29, 0.717) is 6.61 Å². The van der Waals surface area contributed by atoms with Crippen molar-refractivity contribution in [3.63, 3.8) is 0 Å². The SMILES string of the molecule is O[AsH](=S)OCc1ccccc1. The first-order valence-corrected chi connectivity index (χ1v) is 7.96. The fraction of sp³-hybridized carbons (Fsp3) is 0.143. The van der Waals surface area contributed by atoms with Gasteiger partial charge in [0.25, 0.3) is 0 Å².